The molecule has 2 N–H and O–H groups in total. The first-order chi connectivity index (χ1) is 13.2. The predicted octanol–water partition coefficient (Wildman–Crippen LogP) is 3.12. The van der Waals surface area contributed by atoms with Crippen LogP contribution in [0.25, 0.3) is 27.8 Å². The fraction of sp³-hybridized carbons (Fsp3) is 0.238. The van der Waals surface area contributed by atoms with Crippen molar-refractivity contribution in [2.24, 2.45) is 5.73 Å². The van der Waals surface area contributed by atoms with Crippen molar-refractivity contribution >= 4 is 27.6 Å². The number of rotatable bonds is 3. The Labute approximate surface area is 157 Å². The number of nitrogens with two attached hydrogens (primary N) is 1. The molecule has 0 radical (unpaired) electrons. The maximum atomic E-state index is 6.11. The minimum Gasteiger partial charge on any atom is -0.497 e. The fourth-order valence-electron chi connectivity index (χ4n) is 3.82. The zero-order chi connectivity index (χ0) is 18.4. The molecule has 1 aliphatic heterocycles. The van der Waals surface area contributed by atoms with Gasteiger partial charge in [-0.15, -0.1) is 0 Å². The number of ether oxygens (including phenoxy) is 1. The molecule has 1 atom stereocenters. The number of methoxy groups -OCH3 is 1. The molecular formula is C21H21N5O. The molecule has 0 aliphatic carbocycles. The van der Waals surface area contributed by atoms with Gasteiger partial charge in [-0.25, -0.2) is 9.97 Å². The van der Waals surface area contributed by atoms with E-state index >= 15 is 0 Å². The largest absolute Gasteiger partial charge is 0.497 e. The molecule has 3 heterocycles. The highest BCUT2D eigenvalue weighted by Gasteiger charge is 2.21. The minimum absolute atomic E-state index is 0.232. The average molecular weight is 359 g/mol. The van der Waals surface area contributed by atoms with Gasteiger partial charge in [0.2, 0.25) is 0 Å². The van der Waals surface area contributed by atoms with Crippen molar-refractivity contribution in [3.05, 3.63) is 54.9 Å². The number of benzene rings is 2. The summed E-state index contributed by atoms with van der Waals surface area (Å²) in [6.45, 7) is 1.85. The molecular weight excluding hydrogens is 338 g/mol. The maximum absolute atomic E-state index is 6.11. The number of nitrogens with zero attached hydrogens (tertiary/aromatic N) is 4. The third-order valence-electron chi connectivity index (χ3n) is 5.25. The summed E-state index contributed by atoms with van der Waals surface area (Å²) >= 11 is 0. The van der Waals surface area contributed by atoms with E-state index < -0.39 is 0 Å². The lowest BCUT2D eigenvalue weighted by atomic mass is 10.1. The third-order valence-corrected chi connectivity index (χ3v) is 5.25. The Hall–Kier alpha value is -3.12. The second kappa shape index (κ2) is 6.25. The highest BCUT2D eigenvalue weighted by atomic mass is 16.5. The lowest BCUT2D eigenvalue weighted by Gasteiger charge is -2.20. The van der Waals surface area contributed by atoms with E-state index in [1.165, 1.54) is 0 Å². The van der Waals surface area contributed by atoms with Crippen LogP contribution in [-0.2, 0) is 0 Å². The van der Waals surface area contributed by atoms with E-state index in [2.05, 4.69) is 34.1 Å². The van der Waals surface area contributed by atoms with Crippen LogP contribution in [0.1, 0.15) is 6.42 Å². The van der Waals surface area contributed by atoms with Crippen molar-refractivity contribution in [2.45, 2.75) is 12.5 Å². The summed E-state index contributed by atoms with van der Waals surface area (Å²) in [5.41, 5.74) is 10.1. The lowest BCUT2D eigenvalue weighted by Crippen LogP contribution is -2.26. The number of para-hydroxylation sites is 1. The molecule has 6 nitrogen and oxygen atoms in total. The molecule has 1 fully saturated rings. The molecule has 4 aromatic rings. The second-order valence-electron chi connectivity index (χ2n) is 6.98. The maximum Gasteiger partial charge on any atom is 0.139 e. The van der Waals surface area contributed by atoms with Crippen LogP contribution in [-0.4, -0.2) is 40.8 Å². The monoisotopic (exact) mass is 359 g/mol. The van der Waals surface area contributed by atoms with Gasteiger partial charge in [-0.05, 0) is 36.8 Å². The molecule has 0 bridgehead atoms. The Balaban J connectivity index is 1.64. The van der Waals surface area contributed by atoms with Crippen LogP contribution < -0.4 is 15.4 Å². The van der Waals surface area contributed by atoms with Gasteiger partial charge < -0.3 is 15.4 Å². The summed E-state index contributed by atoms with van der Waals surface area (Å²) < 4.78 is 7.31. The zero-order valence-corrected chi connectivity index (χ0v) is 15.2. The van der Waals surface area contributed by atoms with Gasteiger partial charge >= 0.3 is 0 Å². The molecule has 1 aliphatic rings. The second-order valence-corrected chi connectivity index (χ2v) is 6.98. The Morgan fingerprint density at radius 3 is 2.89 bits per heavy atom. The molecule has 0 spiro atoms. The normalized spacial score (nSPS) is 17.1. The Morgan fingerprint density at radius 2 is 2.07 bits per heavy atom. The summed E-state index contributed by atoms with van der Waals surface area (Å²) in [6.07, 6.45) is 2.83. The Kier molecular flexibility index (Phi) is 3.72. The number of fused-ring (bicyclic) bond motifs is 2. The number of imidazole rings is 1. The summed E-state index contributed by atoms with van der Waals surface area (Å²) in [7, 11) is 1.66. The van der Waals surface area contributed by atoms with Gasteiger partial charge in [0.1, 0.15) is 17.9 Å². The molecule has 2 aromatic carbocycles. The SMILES string of the molecule is COc1ccc2c(c1)ncn2-c1ccc2cccc(N3CCC(N)C3)c2n1. The molecule has 0 saturated carbocycles. The smallest absolute Gasteiger partial charge is 0.139 e. The van der Waals surface area contributed by atoms with Gasteiger partial charge in [-0.1, -0.05) is 12.1 Å². The van der Waals surface area contributed by atoms with Crippen LogP contribution in [0.5, 0.6) is 5.75 Å². The van der Waals surface area contributed by atoms with Gasteiger partial charge in [0.25, 0.3) is 0 Å². The van der Waals surface area contributed by atoms with Crippen LogP contribution in [0, 0.1) is 0 Å². The first-order valence-corrected chi connectivity index (χ1v) is 9.15. The number of pyridine rings is 1. The van der Waals surface area contributed by atoms with E-state index in [0.29, 0.717) is 0 Å². The van der Waals surface area contributed by atoms with Crippen LogP contribution >= 0.6 is 0 Å². The van der Waals surface area contributed by atoms with Gasteiger partial charge in [-0.3, -0.25) is 4.57 Å². The summed E-state index contributed by atoms with van der Waals surface area (Å²) in [4.78, 5) is 11.8. The van der Waals surface area contributed by atoms with Gasteiger partial charge in [0.05, 0.1) is 29.3 Å². The third kappa shape index (κ3) is 2.69. The van der Waals surface area contributed by atoms with Gasteiger partial charge in [0.15, 0.2) is 0 Å². The predicted molar refractivity (Wildman–Crippen MR) is 108 cm³/mol. The van der Waals surface area contributed by atoms with Crippen molar-refractivity contribution in [3.8, 4) is 11.6 Å². The first-order valence-electron chi connectivity index (χ1n) is 9.15. The highest BCUT2D eigenvalue weighted by Crippen LogP contribution is 2.29. The van der Waals surface area contributed by atoms with Gasteiger partial charge in [0, 0.05) is 30.6 Å². The lowest BCUT2D eigenvalue weighted by molar-refractivity contribution is 0.415. The first kappa shape index (κ1) is 16.1. The average Bonchev–Trinajstić information content (AvgIpc) is 3.32. The summed E-state index contributed by atoms with van der Waals surface area (Å²) in [6, 6.07) is 16.6. The van der Waals surface area contributed by atoms with E-state index in [0.717, 1.165) is 58.7 Å². The quantitative estimate of drug-likeness (QED) is 0.609. The molecule has 136 valence electrons. The van der Waals surface area contributed by atoms with Crippen LogP contribution in [0.15, 0.2) is 54.9 Å². The molecule has 1 unspecified atom stereocenters. The number of anilines is 1. The summed E-state index contributed by atoms with van der Waals surface area (Å²) in [5.74, 6) is 1.65. The van der Waals surface area contributed by atoms with E-state index in [9.17, 15) is 0 Å². The van der Waals surface area contributed by atoms with E-state index in [4.69, 9.17) is 15.5 Å². The fourth-order valence-corrected chi connectivity index (χ4v) is 3.82. The van der Waals surface area contributed by atoms with E-state index in [-0.39, 0.29) is 6.04 Å². The van der Waals surface area contributed by atoms with E-state index in [1.807, 2.05) is 35.2 Å². The van der Waals surface area contributed by atoms with Crippen molar-refractivity contribution in [3.63, 3.8) is 0 Å². The molecule has 6 heteroatoms. The van der Waals surface area contributed by atoms with Crippen molar-refractivity contribution < 1.29 is 4.74 Å². The number of aromatic nitrogens is 3. The standard InChI is InChI=1S/C21H21N5O/c1-27-16-6-7-18-17(11-16)23-13-26(18)20-8-5-14-3-2-4-19(21(14)24-20)25-10-9-15(22)12-25/h2-8,11,13,15H,9-10,12,22H2,1H3. The van der Waals surface area contributed by atoms with Crippen molar-refractivity contribution in [2.75, 3.05) is 25.1 Å². The number of hydrogen-bond acceptors (Lipinski definition) is 5. The Bertz CT molecular complexity index is 1140. The molecule has 5 rings (SSSR count). The molecule has 0 amide bonds. The number of hydrogen-bond donors (Lipinski definition) is 1. The van der Waals surface area contributed by atoms with E-state index in [1.54, 1.807) is 7.11 Å². The van der Waals surface area contributed by atoms with Crippen LogP contribution in [0.2, 0.25) is 0 Å². The van der Waals surface area contributed by atoms with Crippen molar-refractivity contribution in [1.82, 2.24) is 14.5 Å². The minimum atomic E-state index is 0.232. The topological polar surface area (TPSA) is 69.2 Å². The zero-order valence-electron chi connectivity index (χ0n) is 15.2. The molecule has 2 aromatic heterocycles. The molecule has 27 heavy (non-hydrogen) atoms. The van der Waals surface area contributed by atoms with Crippen LogP contribution in [0.4, 0.5) is 5.69 Å². The summed E-state index contributed by atoms with van der Waals surface area (Å²) in [5, 5.41) is 1.13. The highest BCUT2D eigenvalue weighted by molar-refractivity contribution is 5.92. The molecule has 1 saturated heterocycles. The Morgan fingerprint density at radius 1 is 1.15 bits per heavy atom. The van der Waals surface area contributed by atoms with Gasteiger partial charge in [-0.2, -0.15) is 0 Å². The van der Waals surface area contributed by atoms with Crippen molar-refractivity contribution in [1.29, 1.82) is 0 Å². The van der Waals surface area contributed by atoms with Crippen LogP contribution in [0.3, 0.4) is 0 Å².